The Balaban J connectivity index is 2.57. The molecule has 0 atom stereocenters. The first kappa shape index (κ1) is 10.7. The Morgan fingerprint density at radius 3 is 2.56 bits per heavy atom. The Labute approximate surface area is 93.3 Å². The fourth-order valence-electron chi connectivity index (χ4n) is 1.77. The van der Waals surface area contributed by atoms with Crippen LogP contribution in [0.3, 0.4) is 0 Å². The first-order valence-corrected chi connectivity index (χ1v) is 4.99. The van der Waals surface area contributed by atoms with Gasteiger partial charge in [-0.3, -0.25) is 5.10 Å². The van der Waals surface area contributed by atoms with Crippen LogP contribution < -0.4 is 4.74 Å². The average molecular weight is 220 g/mol. The van der Waals surface area contributed by atoms with Gasteiger partial charge in [-0.15, -0.1) is 0 Å². The standard InChI is InChI=1S/C12H13FN2O/c1-7-12(8(2)15-14-7)10-5-4-9(16-3)6-11(10)13/h4-6H,1-3H3,(H,14,15). The van der Waals surface area contributed by atoms with Gasteiger partial charge in [-0.05, 0) is 26.0 Å². The summed E-state index contributed by atoms with van der Waals surface area (Å²) in [5.74, 6) is 0.215. The van der Waals surface area contributed by atoms with Crippen molar-refractivity contribution in [3.05, 3.63) is 35.4 Å². The molecule has 84 valence electrons. The molecule has 1 aromatic heterocycles. The van der Waals surface area contributed by atoms with Gasteiger partial charge in [-0.2, -0.15) is 5.10 Å². The molecular weight excluding hydrogens is 207 g/mol. The smallest absolute Gasteiger partial charge is 0.134 e. The van der Waals surface area contributed by atoms with Crippen LogP contribution in [-0.4, -0.2) is 17.3 Å². The Morgan fingerprint density at radius 2 is 2.06 bits per heavy atom. The van der Waals surface area contributed by atoms with Crippen molar-refractivity contribution in [2.24, 2.45) is 0 Å². The molecule has 0 saturated carbocycles. The van der Waals surface area contributed by atoms with Crippen molar-refractivity contribution in [1.29, 1.82) is 0 Å². The highest BCUT2D eigenvalue weighted by atomic mass is 19.1. The molecule has 1 N–H and O–H groups in total. The van der Waals surface area contributed by atoms with Crippen molar-refractivity contribution >= 4 is 0 Å². The van der Waals surface area contributed by atoms with Crippen LogP contribution in [-0.2, 0) is 0 Å². The summed E-state index contributed by atoms with van der Waals surface area (Å²) in [6.45, 7) is 3.72. The predicted octanol–water partition coefficient (Wildman–Crippen LogP) is 2.84. The molecule has 3 nitrogen and oxygen atoms in total. The highest BCUT2D eigenvalue weighted by molar-refractivity contribution is 5.69. The Morgan fingerprint density at radius 1 is 1.31 bits per heavy atom. The van der Waals surface area contributed by atoms with E-state index in [-0.39, 0.29) is 5.82 Å². The van der Waals surface area contributed by atoms with Gasteiger partial charge in [0.25, 0.3) is 0 Å². The average Bonchev–Trinajstić information content (AvgIpc) is 2.59. The molecule has 0 amide bonds. The van der Waals surface area contributed by atoms with Crippen LogP contribution in [0.2, 0.25) is 0 Å². The number of aromatic nitrogens is 2. The number of nitrogens with zero attached hydrogens (tertiary/aromatic N) is 1. The van der Waals surface area contributed by atoms with Crippen molar-refractivity contribution in [1.82, 2.24) is 10.2 Å². The highest BCUT2D eigenvalue weighted by Crippen LogP contribution is 2.29. The van der Waals surface area contributed by atoms with Crippen LogP contribution in [0.1, 0.15) is 11.4 Å². The number of hydrogen-bond donors (Lipinski definition) is 1. The number of aryl methyl sites for hydroxylation is 2. The number of rotatable bonds is 2. The molecule has 0 aliphatic heterocycles. The lowest BCUT2D eigenvalue weighted by Crippen LogP contribution is -1.90. The largest absolute Gasteiger partial charge is 0.497 e. The van der Waals surface area contributed by atoms with E-state index in [4.69, 9.17) is 4.74 Å². The second-order valence-electron chi connectivity index (χ2n) is 3.65. The summed E-state index contributed by atoms with van der Waals surface area (Å²) in [5.41, 5.74) is 3.02. The number of halogens is 1. The van der Waals surface area contributed by atoms with Crippen molar-refractivity contribution in [3.8, 4) is 16.9 Å². The first-order valence-electron chi connectivity index (χ1n) is 4.99. The lowest BCUT2D eigenvalue weighted by molar-refractivity contribution is 0.411. The summed E-state index contributed by atoms with van der Waals surface area (Å²) in [5, 5.41) is 6.90. The van der Waals surface area contributed by atoms with Crippen LogP contribution in [0.4, 0.5) is 4.39 Å². The zero-order chi connectivity index (χ0) is 11.7. The Kier molecular flexibility index (Phi) is 2.64. The SMILES string of the molecule is COc1ccc(-c2c(C)n[nH]c2C)c(F)c1. The summed E-state index contributed by atoms with van der Waals surface area (Å²) in [4.78, 5) is 0. The maximum absolute atomic E-state index is 13.8. The van der Waals surface area contributed by atoms with Crippen molar-refractivity contribution < 1.29 is 9.13 Å². The molecule has 0 radical (unpaired) electrons. The molecule has 0 fully saturated rings. The van der Waals surface area contributed by atoms with Gasteiger partial charge in [0.05, 0.1) is 12.8 Å². The minimum Gasteiger partial charge on any atom is -0.497 e. The highest BCUT2D eigenvalue weighted by Gasteiger charge is 2.13. The summed E-state index contributed by atoms with van der Waals surface area (Å²) in [6.07, 6.45) is 0. The van der Waals surface area contributed by atoms with Crippen molar-refractivity contribution in [3.63, 3.8) is 0 Å². The normalized spacial score (nSPS) is 10.5. The second-order valence-corrected chi connectivity index (χ2v) is 3.65. The van der Waals surface area contributed by atoms with E-state index >= 15 is 0 Å². The number of methoxy groups -OCH3 is 1. The Bertz CT molecular complexity index is 500. The van der Waals surface area contributed by atoms with Gasteiger partial charge >= 0.3 is 0 Å². The van der Waals surface area contributed by atoms with Crippen LogP contribution in [0.25, 0.3) is 11.1 Å². The minimum atomic E-state index is -0.299. The maximum Gasteiger partial charge on any atom is 0.134 e. The molecule has 0 aliphatic carbocycles. The van der Waals surface area contributed by atoms with Gasteiger partial charge in [0.15, 0.2) is 0 Å². The number of H-pyrrole nitrogens is 1. The maximum atomic E-state index is 13.8. The second kappa shape index (κ2) is 3.96. The fraction of sp³-hybridized carbons (Fsp3) is 0.250. The van der Waals surface area contributed by atoms with E-state index in [1.165, 1.54) is 13.2 Å². The van der Waals surface area contributed by atoms with Crippen LogP contribution in [0, 0.1) is 19.7 Å². The molecule has 1 aromatic carbocycles. The molecule has 0 unspecified atom stereocenters. The van der Waals surface area contributed by atoms with E-state index in [0.29, 0.717) is 11.3 Å². The van der Waals surface area contributed by atoms with Crippen molar-refractivity contribution in [2.45, 2.75) is 13.8 Å². The number of ether oxygens (including phenoxy) is 1. The molecule has 0 aliphatic rings. The monoisotopic (exact) mass is 220 g/mol. The zero-order valence-electron chi connectivity index (χ0n) is 9.47. The molecule has 16 heavy (non-hydrogen) atoms. The fourth-order valence-corrected chi connectivity index (χ4v) is 1.77. The molecule has 4 heteroatoms. The van der Waals surface area contributed by atoms with Crippen LogP contribution >= 0.6 is 0 Å². The van der Waals surface area contributed by atoms with E-state index in [2.05, 4.69) is 10.2 Å². The van der Waals surface area contributed by atoms with Crippen LogP contribution in [0.5, 0.6) is 5.75 Å². The van der Waals surface area contributed by atoms with E-state index in [0.717, 1.165) is 17.0 Å². The van der Waals surface area contributed by atoms with Gasteiger partial charge in [0.2, 0.25) is 0 Å². The summed E-state index contributed by atoms with van der Waals surface area (Å²) in [7, 11) is 1.52. The van der Waals surface area contributed by atoms with Gasteiger partial charge in [-0.25, -0.2) is 4.39 Å². The van der Waals surface area contributed by atoms with Crippen molar-refractivity contribution in [2.75, 3.05) is 7.11 Å². The summed E-state index contributed by atoms with van der Waals surface area (Å²) >= 11 is 0. The van der Waals surface area contributed by atoms with Gasteiger partial charge < -0.3 is 4.74 Å². The van der Waals surface area contributed by atoms with Gasteiger partial charge in [-0.1, -0.05) is 0 Å². The number of nitrogens with one attached hydrogen (secondary N) is 1. The summed E-state index contributed by atoms with van der Waals surface area (Å²) < 4.78 is 18.8. The minimum absolute atomic E-state index is 0.299. The molecule has 2 aromatic rings. The third-order valence-electron chi connectivity index (χ3n) is 2.57. The molecular formula is C12H13FN2O. The van der Waals surface area contributed by atoms with E-state index in [9.17, 15) is 4.39 Å². The van der Waals surface area contributed by atoms with Gasteiger partial charge in [0, 0.05) is 22.9 Å². The van der Waals surface area contributed by atoms with Crippen LogP contribution in [0.15, 0.2) is 18.2 Å². The summed E-state index contributed by atoms with van der Waals surface area (Å²) in [6, 6.07) is 4.82. The molecule has 2 rings (SSSR count). The number of benzene rings is 1. The lowest BCUT2D eigenvalue weighted by Gasteiger charge is -2.05. The van der Waals surface area contributed by atoms with E-state index in [1.54, 1.807) is 12.1 Å². The Hall–Kier alpha value is -1.84. The number of hydrogen-bond acceptors (Lipinski definition) is 2. The number of aromatic amines is 1. The molecule has 0 bridgehead atoms. The van der Waals surface area contributed by atoms with Gasteiger partial charge in [0.1, 0.15) is 11.6 Å². The van der Waals surface area contributed by atoms with E-state index < -0.39 is 0 Å². The first-order chi connectivity index (χ1) is 7.63. The third kappa shape index (κ3) is 1.66. The predicted molar refractivity (Wildman–Crippen MR) is 60.0 cm³/mol. The molecule has 0 saturated heterocycles. The molecule has 0 spiro atoms. The van der Waals surface area contributed by atoms with E-state index in [1.807, 2.05) is 13.8 Å². The lowest BCUT2D eigenvalue weighted by atomic mass is 10.0. The third-order valence-corrected chi connectivity index (χ3v) is 2.57. The zero-order valence-corrected chi connectivity index (χ0v) is 9.47. The molecule has 1 heterocycles. The topological polar surface area (TPSA) is 37.9 Å². The quantitative estimate of drug-likeness (QED) is 0.845.